The van der Waals surface area contributed by atoms with E-state index in [4.69, 9.17) is 4.42 Å². The van der Waals surface area contributed by atoms with Gasteiger partial charge in [-0.1, -0.05) is 6.07 Å². The Morgan fingerprint density at radius 2 is 1.49 bits per heavy atom. The number of hydrogen-bond acceptors (Lipinski definition) is 6. The van der Waals surface area contributed by atoms with Gasteiger partial charge in [-0.3, -0.25) is 9.52 Å². The van der Waals surface area contributed by atoms with Crippen molar-refractivity contribution in [2.75, 3.05) is 10.0 Å². The molecule has 37 heavy (non-hydrogen) atoms. The molecule has 0 fully saturated rings. The first-order valence-electron chi connectivity index (χ1n) is 10.5. The number of sulfonamides is 2. The molecule has 0 unspecified atom stereocenters. The lowest BCUT2D eigenvalue weighted by Crippen LogP contribution is -2.23. The summed E-state index contributed by atoms with van der Waals surface area (Å²) in [6.45, 7) is -0.0435. The van der Waals surface area contributed by atoms with Crippen molar-refractivity contribution in [2.45, 2.75) is 16.3 Å². The van der Waals surface area contributed by atoms with Gasteiger partial charge in [0.15, 0.2) is 11.6 Å². The predicted octanol–water partition coefficient (Wildman–Crippen LogP) is 4.09. The van der Waals surface area contributed by atoms with Crippen molar-refractivity contribution < 1.29 is 34.8 Å². The number of amides is 1. The van der Waals surface area contributed by atoms with Gasteiger partial charge in [0.05, 0.1) is 22.6 Å². The normalized spacial score (nSPS) is 11.7. The molecular formula is C24H19F2N3O6S2. The molecule has 0 saturated carbocycles. The van der Waals surface area contributed by atoms with E-state index in [1.54, 1.807) is 12.1 Å². The molecule has 0 saturated heterocycles. The van der Waals surface area contributed by atoms with Crippen molar-refractivity contribution in [3.63, 3.8) is 0 Å². The molecule has 3 aromatic carbocycles. The fourth-order valence-electron chi connectivity index (χ4n) is 3.15. The Morgan fingerprint density at radius 1 is 0.757 bits per heavy atom. The van der Waals surface area contributed by atoms with Crippen LogP contribution in [0.2, 0.25) is 0 Å². The lowest BCUT2D eigenvalue weighted by Gasteiger charge is -2.11. The minimum atomic E-state index is -4.20. The Kier molecular flexibility index (Phi) is 7.38. The van der Waals surface area contributed by atoms with Gasteiger partial charge >= 0.3 is 0 Å². The van der Waals surface area contributed by atoms with E-state index < -0.39 is 42.5 Å². The number of nitrogens with one attached hydrogen (secondary N) is 3. The minimum absolute atomic E-state index is 0.0435. The summed E-state index contributed by atoms with van der Waals surface area (Å²) in [5.74, 6) is -2.63. The molecule has 4 rings (SSSR count). The Bertz CT molecular complexity index is 1640. The molecule has 0 aliphatic rings. The Morgan fingerprint density at radius 3 is 2.16 bits per heavy atom. The van der Waals surface area contributed by atoms with E-state index in [1.165, 1.54) is 54.8 Å². The van der Waals surface area contributed by atoms with Gasteiger partial charge in [-0.05, 0) is 72.8 Å². The topological polar surface area (TPSA) is 135 Å². The SMILES string of the molecule is O=C(Nc1cccc(S(=O)(=O)NCc2ccco2)c1)c1ccc(NS(=O)(=O)c2ccc(F)c(F)c2)cc1. The Balaban J connectivity index is 1.42. The van der Waals surface area contributed by atoms with Gasteiger partial charge < -0.3 is 9.73 Å². The van der Waals surface area contributed by atoms with E-state index in [0.29, 0.717) is 17.9 Å². The maximum Gasteiger partial charge on any atom is 0.261 e. The van der Waals surface area contributed by atoms with Crippen LogP contribution in [0.4, 0.5) is 20.2 Å². The number of benzene rings is 3. The molecule has 9 nitrogen and oxygen atoms in total. The highest BCUT2D eigenvalue weighted by Gasteiger charge is 2.18. The van der Waals surface area contributed by atoms with Crippen LogP contribution < -0.4 is 14.8 Å². The van der Waals surface area contributed by atoms with Crippen LogP contribution >= 0.6 is 0 Å². The molecule has 3 N–H and O–H groups in total. The molecule has 1 amide bonds. The summed E-state index contributed by atoms with van der Waals surface area (Å²) in [5.41, 5.74) is 0.450. The zero-order chi connectivity index (χ0) is 26.6. The van der Waals surface area contributed by atoms with Crippen LogP contribution in [0.5, 0.6) is 0 Å². The van der Waals surface area contributed by atoms with Crippen molar-refractivity contribution in [3.8, 4) is 0 Å². The number of anilines is 2. The van der Waals surface area contributed by atoms with Gasteiger partial charge in [0.25, 0.3) is 15.9 Å². The lowest BCUT2D eigenvalue weighted by atomic mass is 10.2. The summed E-state index contributed by atoms with van der Waals surface area (Å²) in [6, 6.07) is 16.4. The van der Waals surface area contributed by atoms with E-state index >= 15 is 0 Å². The maximum atomic E-state index is 13.4. The van der Waals surface area contributed by atoms with Crippen molar-refractivity contribution >= 4 is 37.3 Å². The van der Waals surface area contributed by atoms with E-state index in [9.17, 15) is 30.4 Å². The number of halogens is 2. The number of rotatable bonds is 9. The summed E-state index contributed by atoms with van der Waals surface area (Å²) in [5, 5.41) is 2.58. The van der Waals surface area contributed by atoms with Gasteiger partial charge in [-0.25, -0.2) is 30.3 Å². The third-order valence-corrected chi connectivity index (χ3v) is 7.80. The average molecular weight is 548 g/mol. The van der Waals surface area contributed by atoms with Crippen LogP contribution in [0.15, 0.2) is 99.3 Å². The van der Waals surface area contributed by atoms with E-state index in [-0.39, 0.29) is 28.4 Å². The second kappa shape index (κ2) is 10.5. The molecule has 192 valence electrons. The quantitative estimate of drug-likeness (QED) is 0.289. The summed E-state index contributed by atoms with van der Waals surface area (Å²) >= 11 is 0. The van der Waals surface area contributed by atoms with Gasteiger partial charge in [-0.15, -0.1) is 0 Å². The van der Waals surface area contributed by atoms with Crippen molar-refractivity contribution in [1.29, 1.82) is 0 Å². The highest BCUT2D eigenvalue weighted by atomic mass is 32.2. The van der Waals surface area contributed by atoms with Gasteiger partial charge in [0.1, 0.15) is 5.76 Å². The van der Waals surface area contributed by atoms with Crippen LogP contribution in [0, 0.1) is 11.6 Å². The molecule has 0 spiro atoms. The highest BCUT2D eigenvalue weighted by Crippen LogP contribution is 2.20. The third-order valence-electron chi connectivity index (χ3n) is 5.02. The molecule has 0 bridgehead atoms. The van der Waals surface area contributed by atoms with Crippen molar-refractivity contribution in [2.24, 2.45) is 0 Å². The molecule has 0 aliphatic carbocycles. The van der Waals surface area contributed by atoms with Crippen LogP contribution in [0.3, 0.4) is 0 Å². The minimum Gasteiger partial charge on any atom is -0.468 e. The molecule has 1 aromatic heterocycles. The zero-order valence-electron chi connectivity index (χ0n) is 18.8. The first-order chi connectivity index (χ1) is 17.5. The molecular weight excluding hydrogens is 528 g/mol. The third kappa shape index (κ3) is 6.39. The molecule has 0 radical (unpaired) electrons. The van der Waals surface area contributed by atoms with E-state index in [2.05, 4.69) is 14.8 Å². The number of carbonyl (C=O) groups excluding carboxylic acids is 1. The van der Waals surface area contributed by atoms with Crippen LogP contribution in [0.1, 0.15) is 16.1 Å². The molecule has 1 heterocycles. The summed E-state index contributed by atoms with van der Waals surface area (Å²) in [6.07, 6.45) is 1.42. The smallest absolute Gasteiger partial charge is 0.261 e. The lowest BCUT2D eigenvalue weighted by molar-refractivity contribution is 0.102. The number of carbonyl (C=O) groups is 1. The molecule has 0 atom stereocenters. The second-order valence-electron chi connectivity index (χ2n) is 7.64. The van der Waals surface area contributed by atoms with Gasteiger partial charge in [-0.2, -0.15) is 0 Å². The number of furan rings is 1. The molecule has 13 heteroatoms. The summed E-state index contributed by atoms with van der Waals surface area (Å²) < 4.78 is 86.2. The van der Waals surface area contributed by atoms with Crippen LogP contribution in [-0.4, -0.2) is 22.7 Å². The predicted molar refractivity (Wildman–Crippen MR) is 131 cm³/mol. The monoisotopic (exact) mass is 547 g/mol. The second-order valence-corrected chi connectivity index (χ2v) is 11.1. The van der Waals surface area contributed by atoms with Crippen LogP contribution in [0.25, 0.3) is 0 Å². The fourth-order valence-corrected chi connectivity index (χ4v) is 5.26. The summed E-state index contributed by atoms with van der Waals surface area (Å²) in [7, 11) is -8.08. The van der Waals surface area contributed by atoms with Gasteiger partial charge in [0, 0.05) is 16.9 Å². The van der Waals surface area contributed by atoms with Crippen molar-refractivity contribution in [3.05, 3.63) is 108 Å². The Hall–Kier alpha value is -4.07. The average Bonchev–Trinajstić information content (AvgIpc) is 3.39. The first-order valence-corrected chi connectivity index (χ1v) is 13.5. The Labute approximate surface area is 211 Å². The molecule has 4 aromatic rings. The fraction of sp³-hybridized carbons (Fsp3) is 0.0417. The number of hydrogen-bond donors (Lipinski definition) is 3. The van der Waals surface area contributed by atoms with E-state index in [1.807, 2.05) is 0 Å². The van der Waals surface area contributed by atoms with Crippen LogP contribution in [-0.2, 0) is 26.6 Å². The highest BCUT2D eigenvalue weighted by molar-refractivity contribution is 7.92. The summed E-state index contributed by atoms with van der Waals surface area (Å²) in [4.78, 5) is 12.1. The first kappa shape index (κ1) is 26.0. The van der Waals surface area contributed by atoms with Gasteiger partial charge in [0.2, 0.25) is 10.0 Å². The standard InChI is InChI=1S/C24H19F2N3O6S2/c25-22-11-10-21(14-23(22)26)37(33,34)29-17-8-6-16(7-9-17)24(30)28-18-3-1-5-20(13-18)36(31,32)27-15-19-4-2-12-35-19/h1-14,27,29H,15H2,(H,28,30). The largest absolute Gasteiger partial charge is 0.468 e. The zero-order valence-corrected chi connectivity index (χ0v) is 20.4. The van der Waals surface area contributed by atoms with E-state index in [0.717, 1.165) is 6.07 Å². The van der Waals surface area contributed by atoms with Crippen molar-refractivity contribution in [1.82, 2.24) is 4.72 Å². The molecule has 0 aliphatic heterocycles. The maximum absolute atomic E-state index is 13.4.